The van der Waals surface area contributed by atoms with Crippen LogP contribution in [0.15, 0.2) is 42.5 Å². The highest BCUT2D eigenvalue weighted by atomic mass is 35.5. The van der Waals surface area contributed by atoms with E-state index < -0.39 is 6.04 Å². The number of hydrogen-bond acceptors (Lipinski definition) is 4. The molecule has 2 aromatic carbocycles. The number of benzene rings is 2. The molecule has 0 spiro atoms. The van der Waals surface area contributed by atoms with Crippen molar-refractivity contribution < 1.29 is 9.59 Å². The number of anilines is 3. The summed E-state index contributed by atoms with van der Waals surface area (Å²) in [6.45, 7) is 6.49. The molecule has 0 aliphatic carbocycles. The number of hydrogen-bond donors (Lipinski definition) is 3. The van der Waals surface area contributed by atoms with Crippen LogP contribution in [0.25, 0.3) is 0 Å². The van der Waals surface area contributed by atoms with Gasteiger partial charge in [-0.2, -0.15) is 0 Å². The normalized spacial score (nSPS) is 15.8. The van der Waals surface area contributed by atoms with Gasteiger partial charge < -0.3 is 26.2 Å². The topological polar surface area (TPSA) is 90.7 Å². The van der Waals surface area contributed by atoms with Crippen molar-refractivity contribution in [3.05, 3.63) is 52.5 Å². The second kappa shape index (κ2) is 10.9. The van der Waals surface area contributed by atoms with Gasteiger partial charge in [-0.25, -0.2) is 4.79 Å². The Morgan fingerprint density at radius 1 is 1.00 bits per heavy atom. The lowest BCUT2D eigenvalue weighted by Gasteiger charge is -2.36. The quantitative estimate of drug-likeness (QED) is 0.564. The summed E-state index contributed by atoms with van der Waals surface area (Å²) >= 11 is 12.3. The van der Waals surface area contributed by atoms with Gasteiger partial charge in [0, 0.05) is 37.6 Å². The largest absolute Gasteiger partial charge is 0.368 e. The molecule has 3 rings (SSSR count). The van der Waals surface area contributed by atoms with Gasteiger partial charge in [-0.15, -0.1) is 0 Å². The molecule has 1 aliphatic heterocycles. The van der Waals surface area contributed by atoms with Gasteiger partial charge in [-0.1, -0.05) is 49.5 Å². The van der Waals surface area contributed by atoms with Crippen LogP contribution in [0.5, 0.6) is 0 Å². The zero-order chi connectivity index (χ0) is 23.3. The van der Waals surface area contributed by atoms with Crippen LogP contribution in [-0.2, 0) is 4.79 Å². The van der Waals surface area contributed by atoms with Crippen LogP contribution in [-0.4, -0.2) is 49.1 Å². The van der Waals surface area contributed by atoms with E-state index in [2.05, 4.69) is 15.5 Å². The van der Waals surface area contributed by atoms with E-state index in [1.165, 1.54) is 0 Å². The van der Waals surface area contributed by atoms with E-state index in [0.717, 1.165) is 12.1 Å². The fourth-order valence-corrected chi connectivity index (χ4v) is 3.96. The summed E-state index contributed by atoms with van der Waals surface area (Å²) in [5, 5.41) is 6.49. The second-order valence-corrected chi connectivity index (χ2v) is 8.76. The van der Waals surface area contributed by atoms with Crippen LogP contribution >= 0.6 is 23.2 Å². The van der Waals surface area contributed by atoms with Crippen LogP contribution in [0.4, 0.5) is 21.9 Å². The van der Waals surface area contributed by atoms with E-state index >= 15 is 0 Å². The van der Waals surface area contributed by atoms with Crippen LogP contribution in [0, 0.1) is 5.92 Å². The molecule has 2 unspecified atom stereocenters. The number of carbonyl (C=O) groups excluding carboxylic acids is 2. The molecule has 0 saturated carbocycles. The number of carbonyl (C=O) groups is 2. The van der Waals surface area contributed by atoms with Crippen LogP contribution < -0.4 is 21.3 Å². The van der Waals surface area contributed by atoms with Gasteiger partial charge in [-0.05, 0) is 42.3 Å². The molecule has 1 saturated heterocycles. The monoisotopic (exact) mass is 477 g/mol. The second-order valence-electron chi connectivity index (χ2n) is 7.95. The molecule has 32 heavy (non-hydrogen) atoms. The molecule has 3 amide bonds. The van der Waals surface area contributed by atoms with Gasteiger partial charge in [0.2, 0.25) is 5.91 Å². The lowest BCUT2D eigenvalue weighted by molar-refractivity contribution is -0.118. The molecule has 172 valence electrons. The first-order valence-electron chi connectivity index (χ1n) is 10.7. The molecule has 1 aliphatic rings. The molecular weight excluding hydrogens is 449 g/mol. The van der Waals surface area contributed by atoms with Gasteiger partial charge in [0.25, 0.3) is 0 Å². The zero-order valence-electron chi connectivity index (χ0n) is 18.3. The number of nitrogens with zero attached hydrogens (tertiary/aromatic N) is 2. The van der Waals surface area contributed by atoms with E-state index in [9.17, 15) is 9.59 Å². The standard InChI is InChI=1S/C23H29Cl2N5O2/c1-3-15(2)20(26)22(31)27-16-7-9-17(10-8-16)29-11-13-30(14-12-29)23(32)28-21-18(24)5-4-6-19(21)25/h4-10,15,20H,3,11-14,26H2,1-2H3,(H,27,31)(H,28,32). The van der Waals surface area contributed by atoms with Crippen LogP contribution in [0.1, 0.15) is 20.3 Å². The Morgan fingerprint density at radius 3 is 2.16 bits per heavy atom. The first-order chi connectivity index (χ1) is 15.3. The van der Waals surface area contributed by atoms with Crippen molar-refractivity contribution >= 4 is 52.2 Å². The highest BCUT2D eigenvalue weighted by molar-refractivity contribution is 6.39. The molecule has 9 heteroatoms. The van der Waals surface area contributed by atoms with Crippen molar-refractivity contribution in [3.8, 4) is 0 Å². The predicted octanol–water partition coefficient (Wildman–Crippen LogP) is 4.66. The third-order valence-electron chi connectivity index (χ3n) is 5.82. The molecule has 7 nitrogen and oxygen atoms in total. The Bertz CT molecular complexity index is 926. The zero-order valence-corrected chi connectivity index (χ0v) is 19.8. The van der Waals surface area contributed by atoms with Crippen molar-refractivity contribution in [2.75, 3.05) is 41.7 Å². The Labute approximate surface area is 198 Å². The van der Waals surface area contributed by atoms with Crippen LogP contribution in [0.2, 0.25) is 10.0 Å². The fourth-order valence-electron chi connectivity index (χ4n) is 3.46. The third-order valence-corrected chi connectivity index (χ3v) is 6.45. The minimum Gasteiger partial charge on any atom is -0.368 e. The first kappa shape index (κ1) is 24.2. The third kappa shape index (κ3) is 5.85. The van der Waals surface area contributed by atoms with Crippen molar-refractivity contribution in [2.24, 2.45) is 11.7 Å². The summed E-state index contributed by atoms with van der Waals surface area (Å²) < 4.78 is 0. The van der Waals surface area contributed by atoms with Crippen molar-refractivity contribution in [1.82, 2.24) is 4.90 Å². The summed E-state index contributed by atoms with van der Waals surface area (Å²) in [5.74, 6) is -0.0536. The fraction of sp³-hybridized carbons (Fsp3) is 0.391. The SMILES string of the molecule is CCC(C)C(N)C(=O)Nc1ccc(N2CCN(C(=O)Nc3c(Cl)cccc3Cl)CC2)cc1. The minimum atomic E-state index is -0.528. The molecule has 2 aromatic rings. The summed E-state index contributed by atoms with van der Waals surface area (Å²) in [4.78, 5) is 28.8. The molecule has 4 N–H and O–H groups in total. The number of nitrogens with two attached hydrogens (primary N) is 1. The molecule has 0 radical (unpaired) electrons. The van der Waals surface area contributed by atoms with Gasteiger partial charge in [0.1, 0.15) is 0 Å². The molecular formula is C23H29Cl2N5O2. The van der Waals surface area contributed by atoms with Gasteiger partial charge in [0.05, 0.1) is 21.8 Å². The number of halogens is 2. The highest BCUT2D eigenvalue weighted by Crippen LogP contribution is 2.30. The Hall–Kier alpha value is -2.48. The van der Waals surface area contributed by atoms with Crippen LogP contribution in [0.3, 0.4) is 0 Å². The maximum Gasteiger partial charge on any atom is 0.322 e. The molecule has 1 fully saturated rings. The molecule has 1 heterocycles. The minimum absolute atomic E-state index is 0.122. The van der Waals surface area contributed by atoms with E-state index in [-0.39, 0.29) is 17.9 Å². The van der Waals surface area contributed by atoms with E-state index in [0.29, 0.717) is 47.6 Å². The van der Waals surface area contributed by atoms with Crippen molar-refractivity contribution in [3.63, 3.8) is 0 Å². The number of nitrogens with one attached hydrogen (secondary N) is 2. The number of para-hydroxylation sites is 1. The maximum atomic E-state index is 12.6. The predicted molar refractivity (Wildman–Crippen MR) is 132 cm³/mol. The lowest BCUT2D eigenvalue weighted by atomic mass is 9.99. The molecule has 2 atom stereocenters. The number of urea groups is 1. The first-order valence-corrected chi connectivity index (χ1v) is 11.5. The summed E-state index contributed by atoms with van der Waals surface area (Å²) in [7, 11) is 0. The molecule has 0 bridgehead atoms. The summed E-state index contributed by atoms with van der Waals surface area (Å²) in [6.07, 6.45) is 0.850. The Kier molecular flexibility index (Phi) is 8.23. The van der Waals surface area contributed by atoms with Gasteiger partial charge in [-0.3, -0.25) is 4.79 Å². The average Bonchev–Trinajstić information content (AvgIpc) is 2.81. The maximum absolute atomic E-state index is 12.6. The number of rotatable bonds is 6. The highest BCUT2D eigenvalue weighted by Gasteiger charge is 2.23. The van der Waals surface area contributed by atoms with Gasteiger partial charge >= 0.3 is 6.03 Å². The van der Waals surface area contributed by atoms with E-state index in [1.807, 2.05) is 38.1 Å². The smallest absolute Gasteiger partial charge is 0.322 e. The molecule has 0 aromatic heterocycles. The number of piperazine rings is 1. The average molecular weight is 478 g/mol. The summed E-state index contributed by atoms with van der Waals surface area (Å²) in [5.41, 5.74) is 8.17. The summed E-state index contributed by atoms with van der Waals surface area (Å²) in [6, 6.07) is 12.0. The van der Waals surface area contributed by atoms with Crippen molar-refractivity contribution in [1.29, 1.82) is 0 Å². The van der Waals surface area contributed by atoms with E-state index in [1.54, 1.807) is 23.1 Å². The van der Waals surface area contributed by atoms with E-state index in [4.69, 9.17) is 28.9 Å². The van der Waals surface area contributed by atoms with Crippen molar-refractivity contribution in [2.45, 2.75) is 26.3 Å². The Balaban J connectivity index is 1.53. The number of amides is 3. The lowest BCUT2D eigenvalue weighted by Crippen LogP contribution is -2.50. The Morgan fingerprint density at radius 2 is 1.59 bits per heavy atom. The van der Waals surface area contributed by atoms with Gasteiger partial charge in [0.15, 0.2) is 0 Å².